The standard InChI is InChI=1S/C9H21N2O3PS/c1-2-3-4-5-6-7-8(11-9(10)16)15(12,13)14/h8H,2-7H2,1H3,(H3,10,11,16)(H2,12,13,14). The SMILES string of the molecule is CCCCCCCC(NC(N)=S)P(=O)(O)O. The Bertz CT molecular complexity index is 257. The van der Waals surface area contributed by atoms with E-state index in [-0.39, 0.29) is 5.11 Å². The molecule has 5 nitrogen and oxygen atoms in total. The van der Waals surface area contributed by atoms with E-state index in [1.807, 2.05) is 0 Å². The first-order valence-corrected chi connectivity index (χ1v) is 7.58. The molecule has 0 aromatic carbocycles. The van der Waals surface area contributed by atoms with Gasteiger partial charge in [-0.05, 0) is 18.6 Å². The van der Waals surface area contributed by atoms with Crippen molar-refractivity contribution >= 4 is 24.9 Å². The van der Waals surface area contributed by atoms with Crippen molar-refractivity contribution in [2.75, 3.05) is 0 Å². The lowest BCUT2D eigenvalue weighted by atomic mass is 10.1. The lowest BCUT2D eigenvalue weighted by molar-refractivity contribution is 0.347. The zero-order chi connectivity index (χ0) is 12.6. The van der Waals surface area contributed by atoms with E-state index >= 15 is 0 Å². The van der Waals surface area contributed by atoms with Crippen molar-refractivity contribution in [2.45, 2.75) is 51.2 Å². The molecule has 16 heavy (non-hydrogen) atoms. The van der Waals surface area contributed by atoms with Crippen LogP contribution in [-0.4, -0.2) is 20.7 Å². The van der Waals surface area contributed by atoms with E-state index in [0.29, 0.717) is 6.42 Å². The highest BCUT2D eigenvalue weighted by molar-refractivity contribution is 7.80. The van der Waals surface area contributed by atoms with Crippen molar-refractivity contribution in [3.8, 4) is 0 Å². The summed E-state index contributed by atoms with van der Waals surface area (Å²) in [5.74, 6) is -0.938. The Balaban J connectivity index is 3.94. The first-order chi connectivity index (χ1) is 7.38. The van der Waals surface area contributed by atoms with Gasteiger partial charge in [0.15, 0.2) is 5.11 Å². The maximum absolute atomic E-state index is 11.1. The smallest absolute Gasteiger partial charge is 0.347 e. The normalized spacial score (nSPS) is 13.4. The predicted molar refractivity (Wildman–Crippen MR) is 69.1 cm³/mol. The second-order valence-corrected chi connectivity index (χ2v) is 6.06. The average Bonchev–Trinajstić information content (AvgIpc) is 2.13. The van der Waals surface area contributed by atoms with Crippen molar-refractivity contribution in [3.05, 3.63) is 0 Å². The summed E-state index contributed by atoms with van der Waals surface area (Å²) >= 11 is 4.58. The Hall–Kier alpha value is -0.160. The van der Waals surface area contributed by atoms with Crippen LogP contribution in [0.3, 0.4) is 0 Å². The lowest BCUT2D eigenvalue weighted by Crippen LogP contribution is -2.38. The fraction of sp³-hybridized carbons (Fsp3) is 0.889. The molecule has 0 aliphatic rings. The van der Waals surface area contributed by atoms with Gasteiger partial charge in [0.25, 0.3) is 0 Å². The molecule has 0 heterocycles. The van der Waals surface area contributed by atoms with Crippen LogP contribution in [0, 0.1) is 0 Å². The van der Waals surface area contributed by atoms with Gasteiger partial charge in [-0.1, -0.05) is 39.0 Å². The summed E-state index contributed by atoms with van der Waals surface area (Å²) < 4.78 is 11.1. The summed E-state index contributed by atoms with van der Waals surface area (Å²) in [5, 5.41) is 2.39. The summed E-state index contributed by atoms with van der Waals surface area (Å²) in [6.45, 7) is 2.12. The largest absolute Gasteiger partial charge is 0.376 e. The number of nitrogens with two attached hydrogens (primary N) is 1. The molecular weight excluding hydrogens is 247 g/mol. The van der Waals surface area contributed by atoms with Crippen molar-refractivity contribution < 1.29 is 14.4 Å². The molecular formula is C9H21N2O3PS. The molecule has 0 saturated heterocycles. The molecule has 0 saturated carbocycles. The minimum absolute atomic E-state index is 0.0677. The molecule has 0 amide bonds. The lowest BCUT2D eigenvalue weighted by Gasteiger charge is -2.19. The van der Waals surface area contributed by atoms with Crippen LogP contribution in [0.5, 0.6) is 0 Å². The van der Waals surface area contributed by atoms with Crippen LogP contribution < -0.4 is 11.1 Å². The minimum Gasteiger partial charge on any atom is -0.376 e. The van der Waals surface area contributed by atoms with E-state index in [2.05, 4.69) is 24.5 Å². The van der Waals surface area contributed by atoms with Gasteiger partial charge < -0.3 is 20.8 Å². The van der Waals surface area contributed by atoms with Gasteiger partial charge >= 0.3 is 7.60 Å². The third kappa shape index (κ3) is 8.05. The second-order valence-electron chi connectivity index (χ2n) is 3.82. The monoisotopic (exact) mass is 268 g/mol. The van der Waals surface area contributed by atoms with Gasteiger partial charge in [-0.15, -0.1) is 0 Å². The maximum atomic E-state index is 11.1. The molecule has 5 N–H and O–H groups in total. The third-order valence-electron chi connectivity index (χ3n) is 2.30. The number of nitrogens with one attached hydrogen (secondary N) is 1. The van der Waals surface area contributed by atoms with E-state index in [9.17, 15) is 4.57 Å². The number of hydrogen-bond donors (Lipinski definition) is 4. The first-order valence-electron chi connectivity index (χ1n) is 5.49. The Morgan fingerprint density at radius 2 is 1.94 bits per heavy atom. The van der Waals surface area contributed by atoms with Gasteiger partial charge in [0.2, 0.25) is 0 Å². The Morgan fingerprint density at radius 1 is 1.38 bits per heavy atom. The summed E-state index contributed by atoms with van der Waals surface area (Å²) in [4.78, 5) is 18.1. The van der Waals surface area contributed by atoms with Gasteiger partial charge in [-0.3, -0.25) is 4.57 Å². The summed E-state index contributed by atoms with van der Waals surface area (Å²) in [5.41, 5.74) is 5.22. The fourth-order valence-electron chi connectivity index (χ4n) is 1.43. The fourth-order valence-corrected chi connectivity index (χ4v) is 2.49. The predicted octanol–water partition coefficient (Wildman–Crippen LogP) is 1.68. The first kappa shape index (κ1) is 15.8. The average molecular weight is 268 g/mol. The molecule has 1 atom stereocenters. The Labute approximate surface area is 102 Å². The van der Waals surface area contributed by atoms with E-state index in [4.69, 9.17) is 15.5 Å². The quantitative estimate of drug-likeness (QED) is 0.304. The molecule has 0 aliphatic carbocycles. The number of hydrogen-bond acceptors (Lipinski definition) is 2. The zero-order valence-corrected chi connectivity index (χ0v) is 11.3. The van der Waals surface area contributed by atoms with Crippen molar-refractivity contribution in [1.29, 1.82) is 0 Å². The summed E-state index contributed by atoms with van der Waals surface area (Å²) in [6.07, 6.45) is 5.54. The third-order valence-corrected chi connectivity index (χ3v) is 3.61. The molecule has 0 fully saturated rings. The van der Waals surface area contributed by atoms with Gasteiger partial charge in [-0.2, -0.15) is 0 Å². The summed E-state index contributed by atoms with van der Waals surface area (Å²) in [6, 6.07) is 0. The van der Waals surface area contributed by atoms with Gasteiger partial charge in [0.1, 0.15) is 5.78 Å². The molecule has 0 spiro atoms. The van der Waals surface area contributed by atoms with Crippen LogP contribution in [0.15, 0.2) is 0 Å². The van der Waals surface area contributed by atoms with E-state index in [1.54, 1.807) is 0 Å². The number of unbranched alkanes of at least 4 members (excludes halogenated alkanes) is 4. The van der Waals surface area contributed by atoms with Crippen molar-refractivity contribution in [2.24, 2.45) is 5.73 Å². The van der Waals surface area contributed by atoms with Gasteiger partial charge in [0, 0.05) is 0 Å². The minimum atomic E-state index is -4.16. The molecule has 0 radical (unpaired) electrons. The van der Waals surface area contributed by atoms with Crippen LogP contribution >= 0.6 is 19.8 Å². The number of thiocarbonyl (C=S) groups is 1. The highest BCUT2D eigenvalue weighted by Crippen LogP contribution is 2.41. The second kappa shape index (κ2) is 8.01. The van der Waals surface area contributed by atoms with Gasteiger partial charge in [0.05, 0.1) is 0 Å². The van der Waals surface area contributed by atoms with Crippen LogP contribution in [-0.2, 0) is 4.57 Å². The van der Waals surface area contributed by atoms with Crippen molar-refractivity contribution in [1.82, 2.24) is 5.32 Å². The topological polar surface area (TPSA) is 95.6 Å². The Kier molecular flexibility index (Phi) is 7.93. The van der Waals surface area contributed by atoms with E-state index in [0.717, 1.165) is 32.1 Å². The van der Waals surface area contributed by atoms with Crippen LogP contribution in [0.25, 0.3) is 0 Å². The van der Waals surface area contributed by atoms with Gasteiger partial charge in [-0.25, -0.2) is 0 Å². The molecule has 96 valence electrons. The zero-order valence-electron chi connectivity index (χ0n) is 9.56. The molecule has 7 heteroatoms. The molecule has 0 aliphatic heterocycles. The summed E-state index contributed by atoms with van der Waals surface area (Å²) in [7, 11) is -4.16. The van der Waals surface area contributed by atoms with Crippen LogP contribution in [0.4, 0.5) is 0 Å². The molecule has 0 aromatic heterocycles. The Morgan fingerprint density at radius 3 is 2.38 bits per heavy atom. The molecule has 0 aromatic rings. The van der Waals surface area contributed by atoms with E-state index < -0.39 is 13.4 Å². The maximum Gasteiger partial charge on any atom is 0.347 e. The number of rotatable bonds is 8. The van der Waals surface area contributed by atoms with Crippen LogP contribution in [0.1, 0.15) is 45.4 Å². The van der Waals surface area contributed by atoms with Crippen molar-refractivity contribution in [3.63, 3.8) is 0 Å². The van der Waals surface area contributed by atoms with E-state index in [1.165, 1.54) is 0 Å². The van der Waals surface area contributed by atoms with Crippen LogP contribution in [0.2, 0.25) is 0 Å². The highest BCUT2D eigenvalue weighted by Gasteiger charge is 2.28. The molecule has 0 rings (SSSR count). The highest BCUT2D eigenvalue weighted by atomic mass is 32.1. The molecule has 0 bridgehead atoms. The molecule has 1 unspecified atom stereocenters.